The molecule has 0 bridgehead atoms. The van der Waals surface area contributed by atoms with Crippen LogP contribution in [0.15, 0.2) is 30.3 Å². The Hall–Kier alpha value is -1.55. The molecule has 1 amide bonds. The third kappa shape index (κ3) is 4.97. The van der Waals surface area contributed by atoms with Crippen molar-refractivity contribution in [2.75, 3.05) is 6.54 Å². The van der Waals surface area contributed by atoms with Gasteiger partial charge in [-0.05, 0) is 45.1 Å². The van der Waals surface area contributed by atoms with Crippen molar-refractivity contribution < 1.29 is 9.53 Å². The summed E-state index contributed by atoms with van der Waals surface area (Å²) in [7, 11) is 0. The maximum absolute atomic E-state index is 12.2. The van der Waals surface area contributed by atoms with E-state index in [4.69, 9.17) is 4.74 Å². The summed E-state index contributed by atoms with van der Waals surface area (Å²) in [4.78, 5) is 14.7. The van der Waals surface area contributed by atoms with Gasteiger partial charge in [0.05, 0.1) is 0 Å². The van der Waals surface area contributed by atoms with Crippen LogP contribution in [0.4, 0.5) is 4.79 Å². The van der Waals surface area contributed by atoms with Crippen molar-refractivity contribution in [2.24, 2.45) is 11.8 Å². The Morgan fingerprint density at radius 2 is 1.83 bits per heavy atom. The zero-order valence-corrected chi connectivity index (χ0v) is 15.9. The van der Waals surface area contributed by atoms with Gasteiger partial charge in [0.1, 0.15) is 5.60 Å². The second kappa shape index (κ2) is 7.56. The summed E-state index contributed by atoms with van der Waals surface area (Å²) in [6.07, 6.45) is -0.310. The number of nitrogens with one attached hydrogen (secondary N) is 1. The first-order valence-electron chi connectivity index (χ1n) is 8.95. The average Bonchev–Trinajstić information content (AvgIpc) is 2.48. The second-order valence-electron chi connectivity index (χ2n) is 8.16. The molecule has 134 valence electrons. The number of benzene rings is 1. The van der Waals surface area contributed by atoms with Gasteiger partial charge < -0.3 is 10.1 Å². The van der Waals surface area contributed by atoms with Gasteiger partial charge in [-0.1, -0.05) is 44.2 Å². The van der Waals surface area contributed by atoms with E-state index < -0.39 is 5.60 Å². The summed E-state index contributed by atoms with van der Waals surface area (Å²) < 4.78 is 5.43. The number of hydrogen-bond acceptors (Lipinski definition) is 3. The molecule has 1 N–H and O–H groups in total. The lowest BCUT2D eigenvalue weighted by Gasteiger charge is -2.46. The SMILES string of the molecule is C[C@H]1[C@H](NC(=O)OC(C)(C)C)[C@H](C)CN(Cc2ccccc2)[C@@H]1C. The predicted octanol–water partition coefficient (Wildman–Crippen LogP) is 4.06. The molecular weight excluding hydrogens is 300 g/mol. The van der Waals surface area contributed by atoms with Crippen LogP contribution in [0.2, 0.25) is 0 Å². The number of carbonyl (C=O) groups is 1. The lowest BCUT2D eigenvalue weighted by molar-refractivity contribution is 0.0202. The summed E-state index contributed by atoms with van der Waals surface area (Å²) in [5.74, 6) is 0.748. The first-order chi connectivity index (χ1) is 11.2. The van der Waals surface area contributed by atoms with Gasteiger partial charge in [-0.2, -0.15) is 0 Å². The summed E-state index contributed by atoms with van der Waals surface area (Å²) in [6.45, 7) is 14.3. The second-order valence-corrected chi connectivity index (χ2v) is 8.16. The molecule has 0 radical (unpaired) electrons. The van der Waals surface area contributed by atoms with Crippen LogP contribution in [0.1, 0.15) is 47.1 Å². The molecular formula is C20H32N2O2. The normalized spacial score (nSPS) is 28.4. The van der Waals surface area contributed by atoms with Gasteiger partial charge in [-0.15, -0.1) is 0 Å². The molecule has 4 heteroatoms. The molecule has 1 aromatic rings. The summed E-state index contributed by atoms with van der Waals surface area (Å²) in [5, 5.41) is 3.10. The number of carbonyl (C=O) groups excluding carboxylic acids is 1. The molecule has 4 atom stereocenters. The number of amides is 1. The van der Waals surface area contributed by atoms with Crippen LogP contribution >= 0.6 is 0 Å². The fourth-order valence-corrected chi connectivity index (χ4v) is 3.54. The van der Waals surface area contributed by atoms with Gasteiger partial charge in [0.15, 0.2) is 0 Å². The van der Waals surface area contributed by atoms with E-state index in [2.05, 4.69) is 61.3 Å². The fourth-order valence-electron chi connectivity index (χ4n) is 3.54. The van der Waals surface area contributed by atoms with E-state index in [9.17, 15) is 4.79 Å². The molecule has 1 aliphatic rings. The van der Waals surface area contributed by atoms with E-state index in [0.717, 1.165) is 13.1 Å². The van der Waals surface area contributed by atoms with Crippen molar-refractivity contribution >= 4 is 6.09 Å². The third-order valence-electron chi connectivity index (χ3n) is 4.95. The first kappa shape index (κ1) is 18.8. The molecule has 4 nitrogen and oxygen atoms in total. The van der Waals surface area contributed by atoms with E-state index in [-0.39, 0.29) is 12.1 Å². The van der Waals surface area contributed by atoms with E-state index in [1.165, 1.54) is 5.56 Å². The minimum absolute atomic E-state index is 0.141. The van der Waals surface area contributed by atoms with E-state index in [1.807, 2.05) is 20.8 Å². The Morgan fingerprint density at radius 3 is 2.42 bits per heavy atom. The fraction of sp³-hybridized carbons (Fsp3) is 0.650. The predicted molar refractivity (Wildman–Crippen MR) is 97.8 cm³/mol. The Bertz CT molecular complexity index is 538. The highest BCUT2D eigenvalue weighted by Gasteiger charge is 2.38. The minimum atomic E-state index is -0.462. The van der Waals surface area contributed by atoms with Crippen LogP contribution in [0, 0.1) is 11.8 Å². The third-order valence-corrected chi connectivity index (χ3v) is 4.95. The Balaban J connectivity index is 1.99. The van der Waals surface area contributed by atoms with Gasteiger partial charge in [0.2, 0.25) is 0 Å². The number of nitrogens with zero attached hydrogens (tertiary/aromatic N) is 1. The molecule has 0 saturated carbocycles. The Morgan fingerprint density at radius 1 is 1.21 bits per heavy atom. The summed E-state index contributed by atoms with van der Waals surface area (Å²) in [5.41, 5.74) is 0.873. The van der Waals surface area contributed by atoms with Crippen LogP contribution in [0.5, 0.6) is 0 Å². The van der Waals surface area contributed by atoms with Crippen LogP contribution in [0.25, 0.3) is 0 Å². The molecule has 1 fully saturated rings. The Kier molecular flexibility index (Phi) is 5.92. The highest BCUT2D eigenvalue weighted by molar-refractivity contribution is 5.68. The minimum Gasteiger partial charge on any atom is -0.444 e. The molecule has 0 aromatic heterocycles. The molecule has 0 unspecified atom stereocenters. The van der Waals surface area contributed by atoms with E-state index in [0.29, 0.717) is 17.9 Å². The number of alkyl carbamates (subject to hydrolysis) is 1. The Labute approximate surface area is 146 Å². The van der Waals surface area contributed by atoms with Crippen LogP contribution in [-0.2, 0) is 11.3 Å². The zero-order chi connectivity index (χ0) is 17.9. The molecule has 0 aliphatic carbocycles. The largest absolute Gasteiger partial charge is 0.444 e. The molecule has 0 spiro atoms. The van der Waals surface area contributed by atoms with Gasteiger partial charge in [0.25, 0.3) is 0 Å². The van der Waals surface area contributed by atoms with Gasteiger partial charge in [0, 0.05) is 25.2 Å². The number of piperidine rings is 1. The number of rotatable bonds is 3. The van der Waals surface area contributed by atoms with Crippen molar-refractivity contribution in [1.29, 1.82) is 0 Å². The van der Waals surface area contributed by atoms with Gasteiger partial charge in [-0.3, -0.25) is 4.90 Å². The molecule has 1 heterocycles. The van der Waals surface area contributed by atoms with Crippen LogP contribution in [-0.4, -0.2) is 35.2 Å². The topological polar surface area (TPSA) is 41.6 Å². The van der Waals surface area contributed by atoms with Crippen molar-refractivity contribution in [2.45, 2.75) is 65.8 Å². The first-order valence-corrected chi connectivity index (χ1v) is 8.95. The maximum Gasteiger partial charge on any atom is 0.407 e. The lowest BCUT2D eigenvalue weighted by atomic mass is 9.80. The molecule has 1 aromatic carbocycles. The van der Waals surface area contributed by atoms with E-state index in [1.54, 1.807) is 0 Å². The van der Waals surface area contributed by atoms with Crippen LogP contribution < -0.4 is 5.32 Å². The van der Waals surface area contributed by atoms with Crippen molar-refractivity contribution in [3.05, 3.63) is 35.9 Å². The van der Waals surface area contributed by atoms with E-state index >= 15 is 0 Å². The zero-order valence-electron chi connectivity index (χ0n) is 15.9. The quantitative estimate of drug-likeness (QED) is 0.907. The molecule has 2 rings (SSSR count). The van der Waals surface area contributed by atoms with Crippen molar-refractivity contribution in [3.63, 3.8) is 0 Å². The molecule has 1 aliphatic heterocycles. The highest BCUT2D eigenvalue weighted by Crippen LogP contribution is 2.29. The molecule has 1 saturated heterocycles. The smallest absolute Gasteiger partial charge is 0.407 e. The standard InChI is InChI=1S/C20H32N2O2/c1-14-12-22(13-17-10-8-7-9-11-17)16(3)15(2)18(14)21-19(23)24-20(4,5)6/h7-11,14-16,18H,12-13H2,1-6H3,(H,21,23)/t14-,15-,16-,18-/m1/s1. The lowest BCUT2D eigenvalue weighted by Crippen LogP contribution is -2.58. The van der Waals surface area contributed by atoms with Gasteiger partial charge >= 0.3 is 6.09 Å². The molecule has 24 heavy (non-hydrogen) atoms. The summed E-state index contributed by atoms with van der Waals surface area (Å²) >= 11 is 0. The number of likely N-dealkylation sites (tertiary alicyclic amines) is 1. The highest BCUT2D eigenvalue weighted by atomic mass is 16.6. The van der Waals surface area contributed by atoms with Crippen molar-refractivity contribution in [3.8, 4) is 0 Å². The monoisotopic (exact) mass is 332 g/mol. The average molecular weight is 332 g/mol. The number of ether oxygens (including phenoxy) is 1. The van der Waals surface area contributed by atoms with Crippen molar-refractivity contribution in [1.82, 2.24) is 10.2 Å². The van der Waals surface area contributed by atoms with Crippen LogP contribution in [0.3, 0.4) is 0 Å². The maximum atomic E-state index is 12.2. The van der Waals surface area contributed by atoms with Gasteiger partial charge in [-0.25, -0.2) is 4.79 Å². The number of hydrogen-bond donors (Lipinski definition) is 1. The summed E-state index contributed by atoms with van der Waals surface area (Å²) in [6, 6.07) is 11.1.